The summed E-state index contributed by atoms with van der Waals surface area (Å²) >= 11 is 1.58. The Morgan fingerprint density at radius 1 is 1.28 bits per heavy atom. The molecule has 3 nitrogen and oxygen atoms in total. The number of rotatable bonds is 2. The Balaban J connectivity index is 2.35. The molecular weight excluding hydrogens is 242 g/mol. The van der Waals surface area contributed by atoms with Crippen molar-refractivity contribution in [1.82, 2.24) is 10.2 Å². The van der Waals surface area contributed by atoms with Crippen molar-refractivity contribution in [2.45, 2.75) is 19.1 Å². The second-order valence-electron chi connectivity index (χ2n) is 4.12. The standard InChI is InChI=1S/C14H15N3S/c1-10(2)18-9-8-12-13(16-17-14(12)15)11-6-4-3-5-7-11/h3-7,10H,1-2H3,(H3,15,16,17). The lowest BCUT2D eigenvalue weighted by Gasteiger charge is -1.97. The lowest BCUT2D eigenvalue weighted by Crippen LogP contribution is -1.88. The normalized spacial score (nSPS) is 10.2. The van der Waals surface area contributed by atoms with Crippen LogP contribution in [0.1, 0.15) is 19.4 Å². The number of aromatic amines is 1. The number of nitrogens with one attached hydrogen (secondary N) is 1. The zero-order valence-corrected chi connectivity index (χ0v) is 11.2. The first-order chi connectivity index (χ1) is 8.68. The molecule has 4 heteroatoms. The first-order valence-electron chi connectivity index (χ1n) is 5.74. The van der Waals surface area contributed by atoms with Crippen molar-refractivity contribution < 1.29 is 0 Å². The minimum atomic E-state index is 0.478. The summed E-state index contributed by atoms with van der Waals surface area (Å²) in [6.07, 6.45) is 0. The summed E-state index contributed by atoms with van der Waals surface area (Å²) in [4.78, 5) is 0. The van der Waals surface area contributed by atoms with E-state index in [0.29, 0.717) is 11.1 Å². The first-order valence-corrected chi connectivity index (χ1v) is 6.62. The molecule has 1 aromatic carbocycles. The molecule has 0 atom stereocenters. The molecule has 0 aliphatic carbocycles. The minimum absolute atomic E-state index is 0.478. The number of thioether (sulfide) groups is 1. The number of nitrogens with zero attached hydrogens (tertiary/aromatic N) is 1. The number of anilines is 1. The molecule has 1 aromatic heterocycles. The van der Waals surface area contributed by atoms with E-state index in [1.165, 1.54) is 0 Å². The molecule has 2 rings (SSSR count). The minimum Gasteiger partial charge on any atom is -0.383 e. The fourth-order valence-electron chi connectivity index (χ4n) is 1.49. The molecule has 0 aliphatic heterocycles. The van der Waals surface area contributed by atoms with E-state index in [1.807, 2.05) is 30.3 Å². The third-order valence-corrected chi connectivity index (χ3v) is 3.00. The van der Waals surface area contributed by atoms with Gasteiger partial charge >= 0.3 is 0 Å². The molecule has 0 fully saturated rings. The van der Waals surface area contributed by atoms with Gasteiger partial charge in [0.05, 0.1) is 5.56 Å². The molecule has 18 heavy (non-hydrogen) atoms. The lowest BCUT2D eigenvalue weighted by atomic mass is 10.1. The smallest absolute Gasteiger partial charge is 0.135 e. The Morgan fingerprint density at radius 3 is 2.67 bits per heavy atom. The van der Waals surface area contributed by atoms with Gasteiger partial charge < -0.3 is 5.73 Å². The molecule has 0 amide bonds. The van der Waals surface area contributed by atoms with Crippen LogP contribution in [0.5, 0.6) is 0 Å². The topological polar surface area (TPSA) is 54.7 Å². The summed E-state index contributed by atoms with van der Waals surface area (Å²) in [6.45, 7) is 4.21. The molecule has 92 valence electrons. The highest BCUT2D eigenvalue weighted by Gasteiger charge is 2.10. The Hall–Kier alpha value is -1.86. The largest absolute Gasteiger partial charge is 0.383 e. The van der Waals surface area contributed by atoms with Gasteiger partial charge in [-0.1, -0.05) is 55.9 Å². The summed E-state index contributed by atoms with van der Waals surface area (Å²) in [5.41, 5.74) is 8.47. The molecule has 0 spiro atoms. The predicted octanol–water partition coefficient (Wildman–Crippen LogP) is 3.11. The fourth-order valence-corrected chi connectivity index (χ4v) is 1.88. The molecule has 0 saturated heterocycles. The molecule has 0 radical (unpaired) electrons. The van der Waals surface area contributed by atoms with E-state index in [4.69, 9.17) is 5.73 Å². The number of benzene rings is 1. The number of aromatic nitrogens is 2. The van der Waals surface area contributed by atoms with Crippen LogP contribution in [0.25, 0.3) is 11.3 Å². The molecule has 0 unspecified atom stereocenters. The highest BCUT2D eigenvalue weighted by molar-refractivity contribution is 8.04. The van der Waals surface area contributed by atoms with Crippen LogP contribution in [0, 0.1) is 11.2 Å². The molecule has 0 bridgehead atoms. The number of hydrogen-bond donors (Lipinski definition) is 2. The van der Waals surface area contributed by atoms with E-state index >= 15 is 0 Å². The van der Waals surface area contributed by atoms with Gasteiger partial charge in [-0.25, -0.2) is 0 Å². The highest BCUT2D eigenvalue weighted by atomic mass is 32.2. The van der Waals surface area contributed by atoms with Crippen molar-refractivity contribution in [3.05, 3.63) is 35.9 Å². The van der Waals surface area contributed by atoms with E-state index in [2.05, 4.69) is 35.2 Å². The monoisotopic (exact) mass is 257 g/mol. The summed E-state index contributed by atoms with van der Waals surface area (Å²) in [5.74, 6) is 3.60. The molecule has 1 heterocycles. The second-order valence-corrected chi connectivity index (χ2v) is 5.50. The Labute approximate surface area is 111 Å². The molecule has 2 aromatic rings. The number of nitrogens with two attached hydrogens (primary N) is 1. The quantitative estimate of drug-likeness (QED) is 0.813. The predicted molar refractivity (Wildman–Crippen MR) is 78.0 cm³/mol. The van der Waals surface area contributed by atoms with Crippen LogP contribution < -0.4 is 5.73 Å². The number of H-pyrrole nitrogens is 1. The van der Waals surface area contributed by atoms with Crippen LogP contribution in [-0.2, 0) is 0 Å². The molecule has 3 N–H and O–H groups in total. The molecular formula is C14H15N3S. The molecule has 0 aliphatic rings. The Kier molecular flexibility index (Phi) is 3.96. The average molecular weight is 257 g/mol. The second kappa shape index (κ2) is 5.65. The van der Waals surface area contributed by atoms with Gasteiger partial charge in [0.15, 0.2) is 0 Å². The van der Waals surface area contributed by atoms with Gasteiger partial charge in [0.1, 0.15) is 11.5 Å². The summed E-state index contributed by atoms with van der Waals surface area (Å²) in [6, 6.07) is 9.91. The summed E-state index contributed by atoms with van der Waals surface area (Å²) in [5, 5.41) is 10.6. The van der Waals surface area contributed by atoms with Crippen molar-refractivity contribution in [3.63, 3.8) is 0 Å². The van der Waals surface area contributed by atoms with Crippen molar-refractivity contribution in [2.75, 3.05) is 5.73 Å². The lowest BCUT2D eigenvalue weighted by molar-refractivity contribution is 1.10. The third-order valence-electron chi connectivity index (χ3n) is 2.31. The van der Waals surface area contributed by atoms with E-state index in [9.17, 15) is 0 Å². The van der Waals surface area contributed by atoms with E-state index < -0.39 is 0 Å². The summed E-state index contributed by atoms with van der Waals surface area (Å²) in [7, 11) is 0. The van der Waals surface area contributed by atoms with Crippen molar-refractivity contribution in [3.8, 4) is 22.4 Å². The van der Waals surface area contributed by atoms with E-state index in [0.717, 1.165) is 16.8 Å². The van der Waals surface area contributed by atoms with E-state index in [-0.39, 0.29) is 0 Å². The van der Waals surface area contributed by atoms with Crippen LogP contribution in [0.15, 0.2) is 30.3 Å². The first kappa shape index (κ1) is 12.6. The van der Waals surface area contributed by atoms with Crippen molar-refractivity contribution in [1.29, 1.82) is 0 Å². The zero-order chi connectivity index (χ0) is 13.0. The van der Waals surface area contributed by atoms with Gasteiger partial charge in [-0.3, -0.25) is 5.10 Å². The van der Waals surface area contributed by atoms with Crippen LogP contribution >= 0.6 is 11.8 Å². The maximum atomic E-state index is 5.87. The SMILES string of the molecule is CC(C)SC#Cc1c(-c2ccccc2)n[nH]c1N. The van der Waals surface area contributed by atoms with Gasteiger partial charge in [-0.05, 0) is 11.2 Å². The maximum Gasteiger partial charge on any atom is 0.135 e. The third kappa shape index (κ3) is 2.88. The maximum absolute atomic E-state index is 5.87. The van der Waals surface area contributed by atoms with E-state index in [1.54, 1.807) is 11.8 Å². The van der Waals surface area contributed by atoms with Crippen molar-refractivity contribution >= 4 is 17.6 Å². The molecule has 0 saturated carbocycles. The Bertz CT molecular complexity index is 576. The van der Waals surface area contributed by atoms with Crippen LogP contribution in [0.3, 0.4) is 0 Å². The number of nitrogen functional groups attached to an aromatic ring is 1. The van der Waals surface area contributed by atoms with Gasteiger partial charge in [-0.2, -0.15) is 5.10 Å². The van der Waals surface area contributed by atoms with Gasteiger partial charge in [-0.15, -0.1) is 0 Å². The number of hydrogen-bond acceptors (Lipinski definition) is 3. The van der Waals surface area contributed by atoms with Crippen LogP contribution in [0.4, 0.5) is 5.82 Å². The van der Waals surface area contributed by atoms with Crippen molar-refractivity contribution in [2.24, 2.45) is 0 Å². The Morgan fingerprint density at radius 2 is 2.00 bits per heavy atom. The average Bonchev–Trinajstić information content (AvgIpc) is 2.72. The highest BCUT2D eigenvalue weighted by Crippen LogP contribution is 2.24. The van der Waals surface area contributed by atoms with Gasteiger partial charge in [0.2, 0.25) is 0 Å². The van der Waals surface area contributed by atoms with Gasteiger partial charge in [0.25, 0.3) is 0 Å². The van der Waals surface area contributed by atoms with Crippen LogP contribution in [-0.4, -0.2) is 15.4 Å². The van der Waals surface area contributed by atoms with Crippen LogP contribution in [0.2, 0.25) is 0 Å². The zero-order valence-electron chi connectivity index (χ0n) is 10.4. The van der Waals surface area contributed by atoms with Gasteiger partial charge in [0, 0.05) is 10.8 Å². The summed E-state index contributed by atoms with van der Waals surface area (Å²) < 4.78 is 0. The fraction of sp³-hybridized carbons (Fsp3) is 0.214.